The molecule has 5 rings (SSSR count). The maximum atomic E-state index is 10.9. The highest BCUT2D eigenvalue weighted by atomic mass is 16.5. The lowest BCUT2D eigenvalue weighted by Gasteiger charge is -2.28. The lowest BCUT2D eigenvalue weighted by atomic mass is 10.1. The Hall–Kier alpha value is -3.50. The Kier molecular flexibility index (Phi) is 6.65. The van der Waals surface area contributed by atoms with Crippen molar-refractivity contribution in [3.63, 3.8) is 0 Å². The fraction of sp³-hybridized carbons (Fsp3) is 0.440. The molecule has 0 spiro atoms. The fourth-order valence-electron chi connectivity index (χ4n) is 4.38. The Morgan fingerprint density at radius 2 is 2.09 bits per heavy atom. The number of aromatic amines is 1. The van der Waals surface area contributed by atoms with Crippen LogP contribution in [0.2, 0.25) is 0 Å². The van der Waals surface area contributed by atoms with Crippen LogP contribution in [-0.4, -0.2) is 77.4 Å². The highest BCUT2D eigenvalue weighted by Gasteiger charge is 2.26. The van der Waals surface area contributed by atoms with Crippen molar-refractivity contribution in [3.8, 4) is 11.3 Å². The SMILES string of the molecule is CN=C(C=C(NC)C1CC1)C(O)Nc1cnc(C)c(-c2cc3[nH]cnc3c(N3CCOCC3)n2)c1. The molecule has 2 fully saturated rings. The van der Waals surface area contributed by atoms with E-state index >= 15 is 0 Å². The van der Waals surface area contributed by atoms with E-state index in [0.29, 0.717) is 30.5 Å². The van der Waals surface area contributed by atoms with Gasteiger partial charge in [0.2, 0.25) is 0 Å². The van der Waals surface area contributed by atoms with E-state index in [1.54, 1.807) is 19.6 Å². The van der Waals surface area contributed by atoms with E-state index in [-0.39, 0.29) is 0 Å². The summed E-state index contributed by atoms with van der Waals surface area (Å²) in [5.74, 6) is 1.37. The summed E-state index contributed by atoms with van der Waals surface area (Å²) < 4.78 is 5.52. The normalized spacial score (nSPS) is 18.1. The topological polar surface area (TPSA) is 124 Å². The number of pyridine rings is 2. The molecule has 2 aliphatic rings. The van der Waals surface area contributed by atoms with Gasteiger partial charge in [-0.05, 0) is 43.9 Å². The molecule has 0 aromatic carbocycles. The number of allylic oxidation sites excluding steroid dienone is 1. The Morgan fingerprint density at radius 1 is 1.29 bits per heavy atom. The lowest BCUT2D eigenvalue weighted by molar-refractivity contribution is 0.122. The predicted molar refractivity (Wildman–Crippen MR) is 138 cm³/mol. The minimum absolute atomic E-state index is 0.528. The van der Waals surface area contributed by atoms with Gasteiger partial charge in [-0.1, -0.05) is 0 Å². The van der Waals surface area contributed by atoms with Crippen LogP contribution < -0.4 is 15.5 Å². The van der Waals surface area contributed by atoms with Gasteiger partial charge < -0.3 is 30.4 Å². The van der Waals surface area contributed by atoms with E-state index in [1.165, 1.54) is 12.8 Å². The Balaban J connectivity index is 1.44. The van der Waals surface area contributed by atoms with E-state index in [0.717, 1.165) is 52.6 Å². The Morgan fingerprint density at radius 3 is 2.80 bits per heavy atom. The summed E-state index contributed by atoms with van der Waals surface area (Å²) in [6.45, 7) is 4.83. The van der Waals surface area contributed by atoms with Crippen LogP contribution in [0.15, 0.2) is 41.4 Å². The lowest BCUT2D eigenvalue weighted by Crippen LogP contribution is -2.37. The molecule has 4 heterocycles. The largest absolute Gasteiger partial charge is 0.391 e. The standard InChI is InChI=1S/C25H32N8O2/c1-15-18(20-12-21-23(30-14-29-21)24(32-20)33-6-8-35-9-7-33)10-17(13-28-15)31-25(34)22(27-3)11-19(26-2)16-4-5-16/h10-14,16,25-26,31,34H,4-9H2,1-3H3,(H,29,30). The number of hydrogen-bond donors (Lipinski definition) is 4. The molecule has 1 unspecified atom stereocenters. The average molecular weight is 477 g/mol. The first kappa shape index (κ1) is 23.3. The smallest absolute Gasteiger partial charge is 0.167 e. The number of aryl methyl sites for hydroxylation is 1. The summed E-state index contributed by atoms with van der Waals surface area (Å²) in [6, 6.07) is 3.96. The second-order valence-corrected chi connectivity index (χ2v) is 8.91. The number of nitrogens with one attached hydrogen (secondary N) is 3. The summed E-state index contributed by atoms with van der Waals surface area (Å²) in [5.41, 5.74) is 6.63. The molecule has 1 atom stereocenters. The number of nitrogens with zero attached hydrogens (tertiary/aromatic N) is 5. The second kappa shape index (κ2) is 10.0. The van der Waals surface area contributed by atoms with E-state index in [9.17, 15) is 5.11 Å². The number of aromatic nitrogens is 4. The van der Waals surface area contributed by atoms with E-state index in [2.05, 4.69) is 35.5 Å². The van der Waals surface area contributed by atoms with Crippen molar-refractivity contribution in [1.29, 1.82) is 0 Å². The van der Waals surface area contributed by atoms with Crippen molar-refractivity contribution < 1.29 is 9.84 Å². The minimum atomic E-state index is -0.966. The van der Waals surface area contributed by atoms with Gasteiger partial charge in [0.15, 0.2) is 12.0 Å². The fourth-order valence-corrected chi connectivity index (χ4v) is 4.38. The number of rotatable bonds is 8. The summed E-state index contributed by atoms with van der Waals surface area (Å²) in [4.78, 5) is 23.8. The molecule has 35 heavy (non-hydrogen) atoms. The highest BCUT2D eigenvalue weighted by Crippen LogP contribution is 2.35. The minimum Gasteiger partial charge on any atom is -0.391 e. The maximum Gasteiger partial charge on any atom is 0.167 e. The monoisotopic (exact) mass is 476 g/mol. The van der Waals surface area contributed by atoms with Crippen molar-refractivity contribution in [1.82, 2.24) is 25.3 Å². The summed E-state index contributed by atoms with van der Waals surface area (Å²) >= 11 is 0. The molecule has 1 aliphatic heterocycles. The van der Waals surface area contributed by atoms with Crippen molar-refractivity contribution in [2.75, 3.05) is 50.6 Å². The van der Waals surface area contributed by atoms with Crippen LogP contribution in [0.3, 0.4) is 0 Å². The number of anilines is 2. The second-order valence-electron chi connectivity index (χ2n) is 8.91. The maximum absolute atomic E-state index is 10.9. The van der Waals surface area contributed by atoms with Crippen LogP contribution in [-0.2, 0) is 4.74 Å². The third-order valence-corrected chi connectivity index (χ3v) is 6.51. The van der Waals surface area contributed by atoms with Gasteiger partial charge in [-0.2, -0.15) is 0 Å². The van der Waals surface area contributed by atoms with Gasteiger partial charge in [-0.3, -0.25) is 9.98 Å². The highest BCUT2D eigenvalue weighted by molar-refractivity contribution is 6.00. The third kappa shape index (κ3) is 4.98. The molecule has 10 nitrogen and oxygen atoms in total. The number of aliphatic hydroxyl groups is 1. The van der Waals surface area contributed by atoms with Gasteiger partial charge >= 0.3 is 0 Å². The molecule has 10 heteroatoms. The van der Waals surface area contributed by atoms with Crippen LogP contribution in [0.1, 0.15) is 18.5 Å². The first-order chi connectivity index (χ1) is 17.1. The van der Waals surface area contributed by atoms with Gasteiger partial charge in [0.05, 0.1) is 48.3 Å². The molecule has 3 aromatic heterocycles. The summed E-state index contributed by atoms with van der Waals surface area (Å²) in [6.07, 6.45) is 6.71. The molecular weight excluding hydrogens is 444 g/mol. The summed E-state index contributed by atoms with van der Waals surface area (Å²) in [7, 11) is 3.59. The van der Waals surface area contributed by atoms with Crippen LogP contribution in [0, 0.1) is 12.8 Å². The van der Waals surface area contributed by atoms with Crippen LogP contribution >= 0.6 is 0 Å². The first-order valence-corrected chi connectivity index (χ1v) is 12.0. The van der Waals surface area contributed by atoms with E-state index in [4.69, 9.17) is 9.72 Å². The quantitative estimate of drug-likeness (QED) is 0.289. The molecular formula is C25H32N8O2. The Labute approximate surface area is 204 Å². The van der Waals surface area contributed by atoms with Gasteiger partial charge in [0.1, 0.15) is 5.52 Å². The zero-order valence-electron chi connectivity index (χ0n) is 20.4. The van der Waals surface area contributed by atoms with Gasteiger partial charge in [0, 0.05) is 44.1 Å². The first-order valence-electron chi connectivity index (χ1n) is 12.0. The molecule has 3 aromatic rings. The van der Waals surface area contributed by atoms with Crippen molar-refractivity contribution in [2.24, 2.45) is 10.9 Å². The average Bonchev–Trinajstić information content (AvgIpc) is 3.61. The number of aliphatic hydroxyl groups excluding tert-OH is 1. The van der Waals surface area contributed by atoms with E-state index < -0.39 is 6.23 Å². The van der Waals surface area contributed by atoms with Crippen molar-refractivity contribution in [2.45, 2.75) is 26.0 Å². The van der Waals surface area contributed by atoms with Gasteiger partial charge in [-0.25, -0.2) is 9.97 Å². The molecule has 1 aliphatic carbocycles. The molecule has 0 amide bonds. The molecule has 1 saturated carbocycles. The number of imidazole rings is 1. The number of fused-ring (bicyclic) bond motifs is 1. The predicted octanol–water partition coefficient (Wildman–Crippen LogP) is 2.48. The molecule has 184 valence electrons. The van der Waals surface area contributed by atoms with Crippen LogP contribution in [0.5, 0.6) is 0 Å². The summed E-state index contributed by atoms with van der Waals surface area (Å²) in [5, 5.41) is 17.3. The Bertz CT molecular complexity index is 1260. The molecule has 1 saturated heterocycles. The van der Waals surface area contributed by atoms with E-state index in [1.807, 2.05) is 32.2 Å². The number of hydrogen-bond acceptors (Lipinski definition) is 9. The van der Waals surface area contributed by atoms with Crippen molar-refractivity contribution in [3.05, 3.63) is 42.1 Å². The molecule has 4 N–H and O–H groups in total. The van der Waals surface area contributed by atoms with Crippen LogP contribution in [0.25, 0.3) is 22.3 Å². The molecule has 0 bridgehead atoms. The molecule has 0 radical (unpaired) electrons. The number of H-pyrrole nitrogens is 1. The van der Waals surface area contributed by atoms with Gasteiger partial charge in [-0.15, -0.1) is 0 Å². The number of ether oxygens (including phenoxy) is 1. The zero-order valence-corrected chi connectivity index (χ0v) is 20.4. The zero-order chi connectivity index (χ0) is 24.4. The third-order valence-electron chi connectivity index (χ3n) is 6.51. The number of aliphatic imine (C=N–C) groups is 1. The number of morpholine rings is 1. The van der Waals surface area contributed by atoms with Gasteiger partial charge in [0.25, 0.3) is 0 Å². The van der Waals surface area contributed by atoms with Crippen LogP contribution in [0.4, 0.5) is 11.5 Å². The van der Waals surface area contributed by atoms with Crippen molar-refractivity contribution >= 4 is 28.3 Å².